The number of benzene rings is 2. The van der Waals surface area contributed by atoms with Gasteiger partial charge in [0, 0.05) is 43.5 Å². The Bertz CT molecular complexity index is 918. The summed E-state index contributed by atoms with van der Waals surface area (Å²) in [6.07, 6.45) is 6.18. The van der Waals surface area contributed by atoms with Crippen molar-refractivity contribution in [2.24, 2.45) is 0 Å². The van der Waals surface area contributed by atoms with Gasteiger partial charge in [0.25, 0.3) is 5.91 Å². The van der Waals surface area contributed by atoms with Gasteiger partial charge in [-0.15, -0.1) is 12.4 Å². The number of hydrogen-bond donors (Lipinski definition) is 2. The number of hydroxylamine groups is 1. The Morgan fingerprint density at radius 1 is 0.933 bits per heavy atom. The molecule has 7 heteroatoms. The summed E-state index contributed by atoms with van der Waals surface area (Å²) in [4.78, 5) is 28.2. The summed E-state index contributed by atoms with van der Waals surface area (Å²) < 4.78 is 0. The van der Waals surface area contributed by atoms with Crippen molar-refractivity contribution in [2.75, 3.05) is 38.1 Å². The summed E-state index contributed by atoms with van der Waals surface area (Å²) in [7, 11) is 2.12. The lowest BCUT2D eigenvalue weighted by atomic mass is 10.1. The minimum Gasteiger partial charge on any atom is -0.369 e. The van der Waals surface area contributed by atoms with Gasteiger partial charge in [0.2, 0.25) is 0 Å². The monoisotopic (exact) mass is 427 g/mol. The molecule has 0 radical (unpaired) electrons. The number of hydrogen-bond acceptors (Lipinski definition) is 5. The first kappa shape index (κ1) is 23.3. The van der Waals surface area contributed by atoms with Crippen molar-refractivity contribution in [1.29, 1.82) is 0 Å². The van der Waals surface area contributed by atoms with Crippen LogP contribution in [0, 0.1) is 0 Å². The van der Waals surface area contributed by atoms with Crippen molar-refractivity contribution in [2.45, 2.75) is 0 Å². The molecule has 0 aliphatic carbocycles. The highest BCUT2D eigenvalue weighted by atomic mass is 35.5. The number of carbonyl (C=O) groups is 2. The predicted octanol–water partition coefficient (Wildman–Crippen LogP) is 3.27. The Kier molecular flexibility index (Phi) is 8.80. The number of amides is 1. The molecular formula is C23H26ClN3O3. The minimum absolute atomic E-state index is 0. The van der Waals surface area contributed by atoms with Gasteiger partial charge in [-0.1, -0.05) is 42.5 Å². The first-order chi connectivity index (χ1) is 14.0. The molecule has 0 unspecified atom stereocenters. The number of piperazine rings is 1. The Morgan fingerprint density at radius 2 is 1.53 bits per heavy atom. The van der Waals surface area contributed by atoms with Gasteiger partial charge in [-0.05, 0) is 42.5 Å². The van der Waals surface area contributed by atoms with Crippen LogP contribution in [-0.4, -0.2) is 55.0 Å². The van der Waals surface area contributed by atoms with Crippen LogP contribution in [0.2, 0.25) is 0 Å². The Labute approximate surface area is 182 Å². The molecule has 1 aliphatic heterocycles. The third-order valence-corrected chi connectivity index (χ3v) is 4.90. The van der Waals surface area contributed by atoms with E-state index in [4.69, 9.17) is 5.21 Å². The molecule has 3 rings (SSSR count). The Hall–Kier alpha value is -2.93. The number of anilines is 1. The number of nitrogens with one attached hydrogen (secondary N) is 1. The fourth-order valence-corrected chi connectivity index (χ4v) is 3.12. The van der Waals surface area contributed by atoms with Gasteiger partial charge >= 0.3 is 0 Å². The summed E-state index contributed by atoms with van der Waals surface area (Å²) in [5.41, 5.74) is 5.00. The Balaban J connectivity index is 0.00000320. The average Bonchev–Trinajstić information content (AvgIpc) is 2.77. The van der Waals surface area contributed by atoms with Crippen LogP contribution < -0.4 is 10.4 Å². The van der Waals surface area contributed by atoms with Crippen molar-refractivity contribution < 1.29 is 14.8 Å². The van der Waals surface area contributed by atoms with E-state index < -0.39 is 5.91 Å². The fraction of sp³-hybridized carbons (Fsp3) is 0.217. The zero-order valence-corrected chi connectivity index (χ0v) is 17.6. The molecule has 2 aromatic carbocycles. The zero-order chi connectivity index (χ0) is 20.6. The van der Waals surface area contributed by atoms with Crippen LogP contribution in [0.15, 0.2) is 60.7 Å². The van der Waals surface area contributed by atoms with E-state index in [9.17, 15) is 9.59 Å². The van der Waals surface area contributed by atoms with E-state index >= 15 is 0 Å². The summed E-state index contributed by atoms with van der Waals surface area (Å²) >= 11 is 0. The van der Waals surface area contributed by atoms with Gasteiger partial charge in [0.1, 0.15) is 0 Å². The van der Waals surface area contributed by atoms with E-state index in [1.807, 2.05) is 42.5 Å². The average molecular weight is 428 g/mol. The molecule has 1 amide bonds. The molecule has 6 nitrogen and oxygen atoms in total. The number of ketones is 1. The standard InChI is InChI=1S/C23H25N3O3.ClH/c1-25-13-15-26(16-14-25)21-4-2-3-20(17-21)22(27)11-9-18-5-7-19(8-6-18)10-12-23(28)24-29;/h2-12,17,29H,13-16H2,1H3,(H,24,28);1H/b11-9+,12-10+;. The molecule has 2 N–H and O–H groups in total. The van der Waals surface area contributed by atoms with Gasteiger partial charge in [-0.2, -0.15) is 0 Å². The highest BCUT2D eigenvalue weighted by Crippen LogP contribution is 2.19. The van der Waals surface area contributed by atoms with Crippen molar-refractivity contribution in [3.05, 3.63) is 77.4 Å². The fourth-order valence-electron chi connectivity index (χ4n) is 3.12. The van der Waals surface area contributed by atoms with Crippen LogP contribution in [-0.2, 0) is 4.79 Å². The maximum absolute atomic E-state index is 12.6. The largest absolute Gasteiger partial charge is 0.369 e. The molecule has 1 fully saturated rings. The van der Waals surface area contributed by atoms with E-state index in [0.29, 0.717) is 5.56 Å². The Morgan fingerprint density at radius 3 is 2.13 bits per heavy atom. The number of halogens is 1. The SMILES string of the molecule is CN1CCN(c2cccc(C(=O)/C=C/c3ccc(/C=C/C(=O)NO)cc3)c2)CC1.Cl. The van der Waals surface area contributed by atoms with Crippen LogP contribution in [0.5, 0.6) is 0 Å². The molecule has 2 aromatic rings. The topological polar surface area (TPSA) is 72.9 Å². The summed E-state index contributed by atoms with van der Waals surface area (Å²) in [5.74, 6) is -0.622. The summed E-state index contributed by atoms with van der Waals surface area (Å²) in [6.45, 7) is 3.97. The molecule has 1 aliphatic rings. The van der Waals surface area contributed by atoms with Crippen LogP contribution in [0.4, 0.5) is 5.69 Å². The molecule has 1 saturated heterocycles. The quantitative estimate of drug-likeness (QED) is 0.320. The predicted molar refractivity (Wildman–Crippen MR) is 122 cm³/mol. The van der Waals surface area contributed by atoms with E-state index in [1.54, 1.807) is 23.7 Å². The second-order valence-electron chi connectivity index (χ2n) is 7.01. The van der Waals surface area contributed by atoms with E-state index in [-0.39, 0.29) is 18.2 Å². The first-order valence-corrected chi connectivity index (χ1v) is 9.53. The van der Waals surface area contributed by atoms with Crippen molar-refractivity contribution >= 4 is 41.9 Å². The summed E-state index contributed by atoms with van der Waals surface area (Å²) in [6, 6.07) is 15.2. The number of likely N-dealkylation sites (N-methyl/N-ethyl adjacent to an activating group) is 1. The number of allylic oxidation sites excluding steroid dienone is 1. The zero-order valence-electron chi connectivity index (χ0n) is 16.8. The lowest BCUT2D eigenvalue weighted by Gasteiger charge is -2.34. The smallest absolute Gasteiger partial charge is 0.267 e. The van der Waals surface area contributed by atoms with Crippen LogP contribution >= 0.6 is 12.4 Å². The van der Waals surface area contributed by atoms with Crippen molar-refractivity contribution in [3.8, 4) is 0 Å². The normalized spacial score (nSPS) is 14.7. The molecule has 0 aromatic heterocycles. The lowest BCUT2D eigenvalue weighted by molar-refractivity contribution is -0.124. The number of carbonyl (C=O) groups excluding carboxylic acids is 2. The van der Waals surface area contributed by atoms with Gasteiger partial charge in [-0.25, -0.2) is 5.48 Å². The number of rotatable bonds is 6. The molecule has 30 heavy (non-hydrogen) atoms. The third-order valence-electron chi connectivity index (χ3n) is 4.90. The van der Waals surface area contributed by atoms with Gasteiger partial charge in [-0.3, -0.25) is 14.8 Å². The second kappa shape index (κ2) is 11.3. The first-order valence-electron chi connectivity index (χ1n) is 9.53. The van der Waals surface area contributed by atoms with E-state index in [2.05, 4.69) is 22.9 Å². The molecule has 0 atom stereocenters. The van der Waals surface area contributed by atoms with Crippen molar-refractivity contribution in [3.63, 3.8) is 0 Å². The maximum Gasteiger partial charge on any atom is 0.267 e. The van der Waals surface area contributed by atoms with Crippen LogP contribution in [0.25, 0.3) is 12.2 Å². The maximum atomic E-state index is 12.6. The van der Waals surface area contributed by atoms with E-state index in [0.717, 1.165) is 43.0 Å². The van der Waals surface area contributed by atoms with Gasteiger partial charge in [0.05, 0.1) is 0 Å². The van der Waals surface area contributed by atoms with Crippen LogP contribution in [0.3, 0.4) is 0 Å². The molecule has 158 valence electrons. The molecule has 0 spiro atoms. The van der Waals surface area contributed by atoms with E-state index in [1.165, 1.54) is 6.08 Å². The third kappa shape index (κ3) is 6.56. The highest BCUT2D eigenvalue weighted by molar-refractivity contribution is 6.07. The number of nitrogens with zero attached hydrogens (tertiary/aromatic N) is 2. The molecule has 1 heterocycles. The summed E-state index contributed by atoms with van der Waals surface area (Å²) in [5, 5.41) is 8.48. The van der Waals surface area contributed by atoms with Gasteiger partial charge < -0.3 is 9.80 Å². The highest BCUT2D eigenvalue weighted by Gasteiger charge is 2.15. The van der Waals surface area contributed by atoms with Crippen molar-refractivity contribution in [1.82, 2.24) is 10.4 Å². The lowest BCUT2D eigenvalue weighted by Crippen LogP contribution is -2.44. The molecule has 0 saturated carbocycles. The molecule has 0 bridgehead atoms. The second-order valence-corrected chi connectivity index (χ2v) is 7.01. The minimum atomic E-state index is -0.585. The molecular weight excluding hydrogens is 402 g/mol. The van der Waals surface area contributed by atoms with Gasteiger partial charge in [0.15, 0.2) is 5.78 Å². The van der Waals surface area contributed by atoms with Crippen LogP contribution in [0.1, 0.15) is 21.5 Å².